The molecule has 1 aliphatic rings. The van der Waals surface area contributed by atoms with Crippen molar-refractivity contribution in [3.63, 3.8) is 0 Å². The second-order valence-corrected chi connectivity index (χ2v) is 4.24. The number of nitrogens with one attached hydrogen (secondary N) is 2. The zero-order valence-corrected chi connectivity index (χ0v) is 9.94. The lowest BCUT2D eigenvalue weighted by atomic mass is 9.96. The van der Waals surface area contributed by atoms with Crippen molar-refractivity contribution in [1.29, 1.82) is 0 Å². The third-order valence-electron chi connectivity index (χ3n) is 2.58. The first-order chi connectivity index (χ1) is 8.27. The summed E-state index contributed by atoms with van der Waals surface area (Å²) in [5.41, 5.74) is 2.72. The largest absolute Gasteiger partial charge is 0.285 e. The predicted molar refractivity (Wildman–Crippen MR) is 68.5 cm³/mol. The Hall–Kier alpha value is -1.62. The van der Waals surface area contributed by atoms with E-state index in [4.69, 9.17) is 11.6 Å². The number of anilines is 1. The lowest BCUT2D eigenvalue weighted by molar-refractivity contribution is 0.627. The quantitative estimate of drug-likeness (QED) is 0.492. The van der Waals surface area contributed by atoms with Crippen LogP contribution in [0.3, 0.4) is 0 Å². The van der Waals surface area contributed by atoms with Gasteiger partial charge in [0.05, 0.1) is 6.20 Å². The van der Waals surface area contributed by atoms with Crippen LogP contribution < -0.4 is 11.0 Å². The Morgan fingerprint density at radius 2 is 2.47 bits per heavy atom. The second kappa shape index (κ2) is 5.63. The van der Waals surface area contributed by atoms with Crippen LogP contribution in [-0.4, -0.2) is 16.4 Å². The predicted octanol–water partition coefficient (Wildman–Crippen LogP) is 2.18. The molecule has 0 saturated heterocycles. The van der Waals surface area contributed by atoms with Gasteiger partial charge < -0.3 is 0 Å². The first kappa shape index (κ1) is 11.9. The van der Waals surface area contributed by atoms with Crippen molar-refractivity contribution in [2.45, 2.75) is 19.3 Å². The minimum Gasteiger partial charge on any atom is -0.275 e. The van der Waals surface area contributed by atoms with Gasteiger partial charge in [-0.15, -0.1) is 0 Å². The molecule has 6 heteroatoms. The molecule has 0 fully saturated rings. The number of hydrogen-bond donors (Lipinski definition) is 2. The molecule has 0 bridgehead atoms. The van der Waals surface area contributed by atoms with Crippen molar-refractivity contribution < 1.29 is 0 Å². The number of hydrogen-bond acceptors (Lipinski definition) is 4. The average Bonchev–Trinajstić information content (AvgIpc) is 2.36. The molecular weight excluding hydrogens is 240 g/mol. The maximum atomic E-state index is 11.2. The van der Waals surface area contributed by atoms with E-state index in [9.17, 15) is 4.79 Å². The van der Waals surface area contributed by atoms with Crippen molar-refractivity contribution in [1.82, 2.24) is 10.2 Å². The van der Waals surface area contributed by atoms with Crippen LogP contribution >= 0.6 is 11.6 Å². The van der Waals surface area contributed by atoms with Gasteiger partial charge in [-0.3, -0.25) is 10.2 Å². The number of allylic oxidation sites excluding steroid dienone is 2. The molecule has 0 radical (unpaired) electrons. The van der Waals surface area contributed by atoms with Gasteiger partial charge in [0.2, 0.25) is 0 Å². The smallest absolute Gasteiger partial charge is 0.275 e. The average molecular weight is 253 g/mol. The van der Waals surface area contributed by atoms with Crippen LogP contribution in [0.15, 0.2) is 28.2 Å². The van der Waals surface area contributed by atoms with Crippen molar-refractivity contribution in [3.8, 4) is 0 Å². The van der Waals surface area contributed by atoms with E-state index in [0.717, 1.165) is 19.3 Å². The number of halogens is 1. The fraction of sp³-hybridized carbons (Fsp3) is 0.364. The van der Waals surface area contributed by atoms with Crippen LogP contribution in [-0.2, 0) is 0 Å². The summed E-state index contributed by atoms with van der Waals surface area (Å²) >= 11 is 5.78. The summed E-state index contributed by atoms with van der Waals surface area (Å²) in [7, 11) is 0. The highest BCUT2D eigenvalue weighted by Crippen LogP contribution is 2.17. The molecule has 1 atom stereocenters. The van der Waals surface area contributed by atoms with Crippen LogP contribution in [0.4, 0.5) is 5.69 Å². The first-order valence-corrected chi connectivity index (χ1v) is 5.82. The minimum atomic E-state index is -0.424. The van der Waals surface area contributed by atoms with Crippen LogP contribution in [0, 0.1) is 5.92 Å². The highest BCUT2D eigenvalue weighted by atomic mass is 35.5. The van der Waals surface area contributed by atoms with Gasteiger partial charge in [0.1, 0.15) is 10.7 Å². The maximum absolute atomic E-state index is 11.2. The Kier molecular flexibility index (Phi) is 3.93. The van der Waals surface area contributed by atoms with Crippen molar-refractivity contribution in [2.75, 3.05) is 5.43 Å². The summed E-state index contributed by atoms with van der Waals surface area (Å²) in [5.74, 6) is 0.446. The van der Waals surface area contributed by atoms with E-state index in [1.165, 1.54) is 6.20 Å². The van der Waals surface area contributed by atoms with Gasteiger partial charge in [0.15, 0.2) is 0 Å². The van der Waals surface area contributed by atoms with Gasteiger partial charge in [-0.2, -0.15) is 10.2 Å². The molecule has 1 heterocycles. The Balaban J connectivity index is 1.97. The monoisotopic (exact) mass is 252 g/mol. The molecule has 0 aromatic carbocycles. The van der Waals surface area contributed by atoms with Gasteiger partial charge >= 0.3 is 0 Å². The lowest BCUT2D eigenvalue weighted by Crippen LogP contribution is -2.10. The van der Waals surface area contributed by atoms with E-state index in [1.54, 1.807) is 0 Å². The highest BCUT2D eigenvalue weighted by Gasteiger charge is 2.07. The van der Waals surface area contributed by atoms with Gasteiger partial charge in [0, 0.05) is 6.21 Å². The fourth-order valence-corrected chi connectivity index (χ4v) is 1.76. The SMILES string of the molecule is O=c1[nH]ncc(N/N=C/[C@H]2CC=CCC2)c1Cl. The second-order valence-electron chi connectivity index (χ2n) is 3.86. The summed E-state index contributed by atoms with van der Waals surface area (Å²) < 4.78 is 0. The molecule has 2 rings (SSSR count). The number of aromatic amines is 1. The summed E-state index contributed by atoms with van der Waals surface area (Å²) in [4.78, 5) is 11.2. The van der Waals surface area contributed by atoms with Gasteiger partial charge in [-0.25, -0.2) is 5.10 Å². The molecule has 90 valence electrons. The van der Waals surface area contributed by atoms with Crippen molar-refractivity contribution in [3.05, 3.63) is 33.7 Å². The van der Waals surface area contributed by atoms with Crippen molar-refractivity contribution in [2.24, 2.45) is 11.0 Å². The number of nitrogens with zero attached hydrogens (tertiary/aromatic N) is 2. The fourth-order valence-electron chi connectivity index (χ4n) is 1.63. The van der Waals surface area contributed by atoms with Gasteiger partial charge in [0.25, 0.3) is 5.56 Å². The highest BCUT2D eigenvalue weighted by molar-refractivity contribution is 6.32. The zero-order valence-electron chi connectivity index (χ0n) is 9.19. The molecule has 1 aliphatic carbocycles. The molecule has 1 aromatic heterocycles. The third-order valence-corrected chi connectivity index (χ3v) is 2.95. The molecule has 0 saturated carbocycles. The molecular formula is C11H13ClN4O. The summed E-state index contributed by atoms with van der Waals surface area (Å²) in [6.45, 7) is 0. The summed E-state index contributed by atoms with van der Waals surface area (Å²) in [6, 6.07) is 0. The standard InChI is InChI=1S/C11H13ClN4O/c12-10-9(7-14-16-11(10)17)15-13-6-8-4-2-1-3-5-8/h1-2,6-8H,3-5H2,(H2,15,16,17)/b13-6+/t8-/m0/s1. The van der Waals surface area contributed by atoms with E-state index in [2.05, 4.69) is 32.9 Å². The Bertz CT molecular complexity index is 494. The third kappa shape index (κ3) is 3.17. The van der Waals surface area contributed by atoms with E-state index in [1.807, 2.05) is 6.21 Å². The summed E-state index contributed by atoms with van der Waals surface area (Å²) in [6.07, 6.45) is 10.8. The first-order valence-electron chi connectivity index (χ1n) is 5.45. The van der Waals surface area contributed by atoms with E-state index in [-0.39, 0.29) is 5.02 Å². The molecule has 0 amide bonds. The molecule has 1 aromatic rings. The maximum Gasteiger partial charge on any atom is 0.285 e. The number of aromatic nitrogens is 2. The summed E-state index contributed by atoms with van der Waals surface area (Å²) in [5, 5.41) is 10.0. The van der Waals surface area contributed by atoms with Crippen LogP contribution in [0.5, 0.6) is 0 Å². The number of H-pyrrole nitrogens is 1. The Morgan fingerprint density at radius 1 is 1.59 bits per heavy atom. The molecule has 17 heavy (non-hydrogen) atoms. The van der Waals surface area contributed by atoms with Crippen LogP contribution in [0.2, 0.25) is 5.02 Å². The van der Waals surface area contributed by atoms with E-state index in [0.29, 0.717) is 11.6 Å². The molecule has 2 N–H and O–H groups in total. The van der Waals surface area contributed by atoms with Gasteiger partial charge in [-0.1, -0.05) is 23.8 Å². The molecule has 0 unspecified atom stereocenters. The lowest BCUT2D eigenvalue weighted by Gasteiger charge is -2.11. The zero-order chi connectivity index (χ0) is 12.1. The van der Waals surface area contributed by atoms with Gasteiger partial charge in [-0.05, 0) is 25.2 Å². The Labute approximate surface area is 104 Å². The Morgan fingerprint density at radius 3 is 3.24 bits per heavy atom. The topological polar surface area (TPSA) is 70.1 Å². The normalized spacial score (nSPS) is 19.7. The number of hydrazone groups is 1. The molecule has 0 aliphatic heterocycles. The number of rotatable bonds is 3. The van der Waals surface area contributed by atoms with Crippen molar-refractivity contribution >= 4 is 23.5 Å². The van der Waals surface area contributed by atoms with Crippen LogP contribution in [0.25, 0.3) is 0 Å². The molecule has 0 spiro atoms. The minimum absolute atomic E-state index is 0.0701. The van der Waals surface area contributed by atoms with Crippen LogP contribution in [0.1, 0.15) is 19.3 Å². The molecule has 5 nitrogen and oxygen atoms in total. The van der Waals surface area contributed by atoms with E-state index >= 15 is 0 Å². The van der Waals surface area contributed by atoms with E-state index < -0.39 is 5.56 Å².